The van der Waals surface area contributed by atoms with Gasteiger partial charge in [0.25, 0.3) is 0 Å². The first-order chi connectivity index (χ1) is 5.77. The molecule has 0 unspecified atom stereocenters. The third-order valence-corrected chi connectivity index (χ3v) is 1.86. The van der Waals surface area contributed by atoms with Crippen LogP contribution in [0, 0.1) is 0 Å². The number of H-pyrrole nitrogens is 1. The summed E-state index contributed by atoms with van der Waals surface area (Å²) in [5, 5.41) is 7.13. The quantitative estimate of drug-likeness (QED) is 0.635. The molecule has 0 bridgehead atoms. The van der Waals surface area contributed by atoms with Gasteiger partial charge in [0, 0.05) is 11.0 Å². The predicted molar refractivity (Wildman–Crippen MR) is 47.2 cm³/mol. The number of esters is 1. The number of hydrogen-bond acceptors (Lipinski definition) is 3. The molecule has 12 heavy (non-hydrogen) atoms. The number of carbonyl (C=O) groups is 1. The molecule has 0 saturated heterocycles. The Morgan fingerprint density at radius 3 is 3.08 bits per heavy atom. The van der Waals surface area contributed by atoms with Crippen LogP contribution in [0.25, 0.3) is 0 Å². The van der Waals surface area contributed by atoms with E-state index < -0.39 is 0 Å². The van der Waals surface area contributed by atoms with Crippen LogP contribution in [0.4, 0.5) is 0 Å². The van der Waals surface area contributed by atoms with Gasteiger partial charge in [0.2, 0.25) is 0 Å². The standard InChI is InChI=1S/C7H9BrN2O2/c1-2-12-7(11)6-3-5(4-8)9-10-6/h3H,2,4H2,1H3,(H,9,10). The van der Waals surface area contributed by atoms with E-state index in [1.165, 1.54) is 0 Å². The highest BCUT2D eigenvalue weighted by atomic mass is 79.9. The van der Waals surface area contributed by atoms with E-state index >= 15 is 0 Å². The van der Waals surface area contributed by atoms with Crippen LogP contribution < -0.4 is 0 Å². The number of halogens is 1. The van der Waals surface area contributed by atoms with Gasteiger partial charge in [0.15, 0.2) is 5.69 Å². The first-order valence-electron chi connectivity index (χ1n) is 3.55. The lowest BCUT2D eigenvalue weighted by Gasteiger charge is -1.94. The normalized spacial score (nSPS) is 9.83. The molecule has 0 aliphatic rings. The van der Waals surface area contributed by atoms with Crippen LogP contribution in [0.3, 0.4) is 0 Å². The Balaban J connectivity index is 2.68. The van der Waals surface area contributed by atoms with Gasteiger partial charge < -0.3 is 4.74 Å². The lowest BCUT2D eigenvalue weighted by molar-refractivity contribution is 0.0519. The van der Waals surface area contributed by atoms with Crippen molar-refractivity contribution in [3.8, 4) is 0 Å². The first kappa shape index (κ1) is 9.25. The zero-order valence-electron chi connectivity index (χ0n) is 6.63. The zero-order valence-corrected chi connectivity index (χ0v) is 8.22. The molecular weight excluding hydrogens is 224 g/mol. The number of hydrogen-bond donors (Lipinski definition) is 1. The molecule has 1 N–H and O–H groups in total. The number of aromatic nitrogens is 2. The van der Waals surface area contributed by atoms with Gasteiger partial charge in [-0.1, -0.05) is 15.9 Å². The third kappa shape index (κ3) is 2.07. The fourth-order valence-electron chi connectivity index (χ4n) is 0.740. The van der Waals surface area contributed by atoms with Crippen LogP contribution in [-0.4, -0.2) is 22.8 Å². The molecule has 4 nitrogen and oxygen atoms in total. The van der Waals surface area contributed by atoms with Crippen molar-refractivity contribution >= 4 is 21.9 Å². The largest absolute Gasteiger partial charge is 0.461 e. The summed E-state index contributed by atoms with van der Waals surface area (Å²) in [6.07, 6.45) is 0. The molecule has 66 valence electrons. The lowest BCUT2D eigenvalue weighted by atomic mass is 10.4. The number of rotatable bonds is 3. The molecule has 1 aromatic rings. The van der Waals surface area contributed by atoms with E-state index in [9.17, 15) is 4.79 Å². The van der Waals surface area contributed by atoms with Gasteiger partial charge in [-0.15, -0.1) is 0 Å². The number of carbonyl (C=O) groups excluding carboxylic acids is 1. The van der Waals surface area contributed by atoms with Crippen molar-refractivity contribution < 1.29 is 9.53 Å². The second kappa shape index (κ2) is 4.25. The molecule has 0 aromatic carbocycles. The van der Waals surface area contributed by atoms with Crippen LogP contribution in [0.1, 0.15) is 23.1 Å². The van der Waals surface area contributed by atoms with Crippen LogP contribution in [0.5, 0.6) is 0 Å². The van der Waals surface area contributed by atoms with E-state index in [1.54, 1.807) is 13.0 Å². The molecule has 1 heterocycles. The van der Waals surface area contributed by atoms with Crippen molar-refractivity contribution in [2.75, 3.05) is 6.61 Å². The van der Waals surface area contributed by atoms with Crippen LogP contribution in [0.2, 0.25) is 0 Å². The SMILES string of the molecule is CCOC(=O)c1cc(CBr)[nH]n1. The van der Waals surface area contributed by atoms with Crippen molar-refractivity contribution in [1.82, 2.24) is 10.2 Å². The number of aromatic amines is 1. The average Bonchev–Trinajstić information content (AvgIpc) is 2.52. The highest BCUT2D eigenvalue weighted by Crippen LogP contribution is 2.04. The fourth-order valence-corrected chi connectivity index (χ4v) is 1.03. The Labute approximate surface area is 78.4 Å². The number of nitrogens with one attached hydrogen (secondary N) is 1. The summed E-state index contributed by atoms with van der Waals surface area (Å²) in [5.74, 6) is -0.388. The molecule has 1 rings (SSSR count). The van der Waals surface area contributed by atoms with Gasteiger partial charge in [-0.3, -0.25) is 5.10 Å². The summed E-state index contributed by atoms with van der Waals surface area (Å²) in [4.78, 5) is 11.1. The van der Waals surface area contributed by atoms with E-state index in [2.05, 4.69) is 26.1 Å². The molecule has 5 heteroatoms. The Bertz CT molecular complexity index is 272. The van der Waals surface area contributed by atoms with E-state index in [-0.39, 0.29) is 5.97 Å². The molecule has 0 aliphatic heterocycles. The molecule has 0 radical (unpaired) electrons. The van der Waals surface area contributed by atoms with E-state index in [0.717, 1.165) is 5.69 Å². The van der Waals surface area contributed by atoms with Crippen molar-refractivity contribution in [1.29, 1.82) is 0 Å². The van der Waals surface area contributed by atoms with Crippen molar-refractivity contribution in [2.45, 2.75) is 12.3 Å². The fraction of sp³-hybridized carbons (Fsp3) is 0.429. The number of alkyl halides is 1. The van der Waals surface area contributed by atoms with Gasteiger partial charge in [-0.05, 0) is 13.0 Å². The maximum Gasteiger partial charge on any atom is 0.358 e. The van der Waals surface area contributed by atoms with Gasteiger partial charge >= 0.3 is 5.97 Å². The zero-order chi connectivity index (χ0) is 8.97. The highest BCUT2D eigenvalue weighted by Gasteiger charge is 2.09. The second-order valence-electron chi connectivity index (χ2n) is 2.13. The van der Waals surface area contributed by atoms with Gasteiger partial charge in [0.1, 0.15) is 0 Å². The molecule has 0 saturated carbocycles. The van der Waals surface area contributed by atoms with Crippen molar-refractivity contribution in [3.63, 3.8) is 0 Å². The van der Waals surface area contributed by atoms with Crippen LogP contribution in [-0.2, 0) is 10.1 Å². The van der Waals surface area contributed by atoms with Gasteiger partial charge in [-0.25, -0.2) is 4.79 Å². The summed E-state index contributed by atoms with van der Waals surface area (Å²) in [7, 11) is 0. The van der Waals surface area contributed by atoms with Crippen molar-refractivity contribution in [3.05, 3.63) is 17.5 Å². The molecular formula is C7H9BrN2O2. The average molecular weight is 233 g/mol. The van der Waals surface area contributed by atoms with E-state index in [0.29, 0.717) is 17.6 Å². The minimum atomic E-state index is -0.388. The molecule has 0 amide bonds. The summed E-state index contributed by atoms with van der Waals surface area (Å²) in [6, 6.07) is 1.66. The molecule has 0 fully saturated rings. The molecule has 1 aromatic heterocycles. The predicted octanol–water partition coefficient (Wildman–Crippen LogP) is 1.48. The highest BCUT2D eigenvalue weighted by molar-refractivity contribution is 9.08. The van der Waals surface area contributed by atoms with E-state index in [4.69, 9.17) is 4.74 Å². The van der Waals surface area contributed by atoms with Gasteiger partial charge in [-0.2, -0.15) is 5.10 Å². The monoisotopic (exact) mass is 232 g/mol. The van der Waals surface area contributed by atoms with Crippen LogP contribution >= 0.6 is 15.9 Å². The Morgan fingerprint density at radius 1 is 1.83 bits per heavy atom. The minimum absolute atomic E-state index is 0.325. The van der Waals surface area contributed by atoms with Crippen molar-refractivity contribution in [2.24, 2.45) is 0 Å². The van der Waals surface area contributed by atoms with Gasteiger partial charge in [0.05, 0.1) is 6.61 Å². The number of ether oxygens (including phenoxy) is 1. The lowest BCUT2D eigenvalue weighted by Crippen LogP contribution is -2.04. The smallest absolute Gasteiger partial charge is 0.358 e. The third-order valence-electron chi connectivity index (χ3n) is 1.26. The Hall–Kier alpha value is -0.840. The Kier molecular flexibility index (Phi) is 3.28. The topological polar surface area (TPSA) is 55.0 Å². The Morgan fingerprint density at radius 2 is 2.58 bits per heavy atom. The molecule has 0 spiro atoms. The minimum Gasteiger partial charge on any atom is -0.461 e. The maximum atomic E-state index is 11.1. The van der Waals surface area contributed by atoms with Crippen LogP contribution in [0.15, 0.2) is 6.07 Å². The summed E-state index contributed by atoms with van der Waals surface area (Å²) >= 11 is 3.24. The summed E-state index contributed by atoms with van der Waals surface area (Å²) in [6.45, 7) is 2.13. The first-order valence-corrected chi connectivity index (χ1v) is 4.67. The molecule has 0 atom stereocenters. The molecule has 0 aliphatic carbocycles. The number of nitrogens with zero attached hydrogens (tertiary/aromatic N) is 1. The summed E-state index contributed by atoms with van der Waals surface area (Å²) < 4.78 is 4.75. The maximum absolute atomic E-state index is 11.1. The summed E-state index contributed by atoms with van der Waals surface area (Å²) in [5.41, 5.74) is 1.18. The van der Waals surface area contributed by atoms with E-state index in [1.807, 2.05) is 0 Å². The second-order valence-corrected chi connectivity index (χ2v) is 2.69.